The van der Waals surface area contributed by atoms with Crippen LogP contribution in [-0.4, -0.2) is 31.6 Å². The van der Waals surface area contributed by atoms with E-state index in [4.69, 9.17) is 16.3 Å². The Morgan fingerprint density at radius 1 is 1.33 bits per heavy atom. The van der Waals surface area contributed by atoms with Gasteiger partial charge in [-0.3, -0.25) is 4.79 Å². The SMILES string of the molecule is COC(=O)C(CC(C)C)NC(=O)COc1cccc(Cl)c1. The molecule has 1 N–H and O–H groups in total. The van der Waals surface area contributed by atoms with E-state index in [-0.39, 0.29) is 18.4 Å². The van der Waals surface area contributed by atoms with Crippen LogP contribution in [0.3, 0.4) is 0 Å². The number of methoxy groups -OCH3 is 1. The molecule has 0 radical (unpaired) electrons. The summed E-state index contributed by atoms with van der Waals surface area (Å²) >= 11 is 5.82. The summed E-state index contributed by atoms with van der Waals surface area (Å²) in [4.78, 5) is 23.4. The van der Waals surface area contributed by atoms with Crippen molar-refractivity contribution in [2.24, 2.45) is 5.92 Å². The third-order valence-corrected chi connectivity index (χ3v) is 2.93. The Morgan fingerprint density at radius 3 is 2.62 bits per heavy atom. The van der Waals surface area contributed by atoms with Crippen LogP contribution in [0.2, 0.25) is 5.02 Å². The van der Waals surface area contributed by atoms with Crippen molar-refractivity contribution in [2.45, 2.75) is 26.3 Å². The molecule has 5 nitrogen and oxygen atoms in total. The van der Waals surface area contributed by atoms with Gasteiger partial charge in [-0.05, 0) is 30.5 Å². The van der Waals surface area contributed by atoms with Crippen molar-refractivity contribution < 1.29 is 19.1 Å². The van der Waals surface area contributed by atoms with Crippen molar-refractivity contribution in [2.75, 3.05) is 13.7 Å². The lowest BCUT2D eigenvalue weighted by molar-refractivity contribution is -0.145. The normalized spacial score (nSPS) is 11.9. The minimum Gasteiger partial charge on any atom is -0.484 e. The maximum Gasteiger partial charge on any atom is 0.328 e. The molecule has 1 rings (SSSR count). The topological polar surface area (TPSA) is 64.6 Å². The number of esters is 1. The van der Waals surface area contributed by atoms with E-state index in [1.165, 1.54) is 7.11 Å². The summed E-state index contributed by atoms with van der Waals surface area (Å²) in [5.74, 6) is -0.0924. The summed E-state index contributed by atoms with van der Waals surface area (Å²) in [6.45, 7) is 3.74. The number of amides is 1. The van der Waals surface area contributed by atoms with Gasteiger partial charge in [0.15, 0.2) is 6.61 Å². The fraction of sp³-hybridized carbons (Fsp3) is 0.467. The first-order valence-corrected chi connectivity index (χ1v) is 7.05. The Balaban J connectivity index is 2.51. The number of hydrogen-bond acceptors (Lipinski definition) is 4. The number of carbonyl (C=O) groups excluding carboxylic acids is 2. The van der Waals surface area contributed by atoms with E-state index < -0.39 is 12.0 Å². The first-order chi connectivity index (χ1) is 9.92. The summed E-state index contributed by atoms with van der Waals surface area (Å²) in [7, 11) is 1.30. The first kappa shape index (κ1) is 17.3. The smallest absolute Gasteiger partial charge is 0.328 e. The van der Waals surface area contributed by atoms with Gasteiger partial charge in [0, 0.05) is 5.02 Å². The Labute approximate surface area is 129 Å². The number of rotatable bonds is 7. The quantitative estimate of drug-likeness (QED) is 0.785. The monoisotopic (exact) mass is 313 g/mol. The Morgan fingerprint density at radius 2 is 2.05 bits per heavy atom. The first-order valence-electron chi connectivity index (χ1n) is 6.68. The van der Waals surface area contributed by atoms with Gasteiger partial charge in [0.25, 0.3) is 5.91 Å². The van der Waals surface area contributed by atoms with Crippen molar-refractivity contribution in [1.82, 2.24) is 5.32 Å². The second kappa shape index (κ2) is 8.52. The van der Waals surface area contributed by atoms with Crippen LogP contribution in [0.1, 0.15) is 20.3 Å². The fourth-order valence-corrected chi connectivity index (χ4v) is 1.95. The van der Waals surface area contributed by atoms with Crippen LogP contribution in [0.15, 0.2) is 24.3 Å². The molecule has 0 fully saturated rings. The van der Waals surface area contributed by atoms with Gasteiger partial charge >= 0.3 is 5.97 Å². The van der Waals surface area contributed by atoms with E-state index in [1.807, 2.05) is 13.8 Å². The maximum absolute atomic E-state index is 11.8. The summed E-state index contributed by atoms with van der Waals surface area (Å²) in [6, 6.07) is 6.09. The number of hydrogen-bond donors (Lipinski definition) is 1. The highest BCUT2D eigenvalue weighted by molar-refractivity contribution is 6.30. The molecule has 0 aromatic heterocycles. The number of nitrogens with one attached hydrogen (secondary N) is 1. The minimum atomic E-state index is -0.662. The van der Waals surface area contributed by atoms with Crippen LogP contribution < -0.4 is 10.1 Å². The van der Waals surface area contributed by atoms with Crippen LogP contribution in [0.4, 0.5) is 0 Å². The zero-order chi connectivity index (χ0) is 15.8. The predicted octanol–water partition coefficient (Wildman–Crippen LogP) is 2.42. The van der Waals surface area contributed by atoms with Crippen molar-refractivity contribution in [1.29, 1.82) is 0 Å². The zero-order valence-electron chi connectivity index (χ0n) is 12.4. The molecule has 6 heteroatoms. The van der Waals surface area contributed by atoms with Gasteiger partial charge in [-0.1, -0.05) is 31.5 Å². The highest BCUT2D eigenvalue weighted by atomic mass is 35.5. The molecule has 116 valence electrons. The molecule has 1 unspecified atom stereocenters. The molecular weight excluding hydrogens is 294 g/mol. The Hall–Kier alpha value is -1.75. The van der Waals surface area contributed by atoms with Gasteiger partial charge in [-0.25, -0.2) is 4.79 Å². The average Bonchev–Trinajstić information content (AvgIpc) is 2.43. The van der Waals surface area contributed by atoms with Crippen LogP contribution >= 0.6 is 11.6 Å². The van der Waals surface area contributed by atoms with Crippen molar-refractivity contribution in [3.63, 3.8) is 0 Å². The average molecular weight is 314 g/mol. The molecule has 0 saturated heterocycles. The van der Waals surface area contributed by atoms with Crippen LogP contribution in [0.5, 0.6) is 5.75 Å². The molecule has 0 aliphatic carbocycles. The molecule has 1 atom stereocenters. The van der Waals surface area contributed by atoms with Gasteiger partial charge in [0.1, 0.15) is 11.8 Å². The molecule has 1 amide bonds. The zero-order valence-corrected chi connectivity index (χ0v) is 13.1. The number of carbonyl (C=O) groups is 2. The van der Waals surface area contributed by atoms with Gasteiger partial charge in [-0.15, -0.1) is 0 Å². The van der Waals surface area contributed by atoms with Crippen molar-refractivity contribution in [3.05, 3.63) is 29.3 Å². The molecule has 0 spiro atoms. The summed E-state index contributed by atoms with van der Waals surface area (Å²) in [5.41, 5.74) is 0. The van der Waals surface area contributed by atoms with Crippen LogP contribution in [0, 0.1) is 5.92 Å². The third-order valence-electron chi connectivity index (χ3n) is 2.69. The Kier molecular flexibility index (Phi) is 7.02. The molecule has 1 aromatic rings. The summed E-state index contributed by atoms with van der Waals surface area (Å²) in [6.07, 6.45) is 0.510. The van der Waals surface area contributed by atoms with Gasteiger partial charge in [0.2, 0.25) is 0 Å². The highest BCUT2D eigenvalue weighted by Crippen LogP contribution is 2.16. The van der Waals surface area contributed by atoms with Gasteiger partial charge < -0.3 is 14.8 Å². The lowest BCUT2D eigenvalue weighted by Gasteiger charge is -2.18. The van der Waals surface area contributed by atoms with Crippen molar-refractivity contribution >= 4 is 23.5 Å². The largest absolute Gasteiger partial charge is 0.484 e. The van der Waals surface area contributed by atoms with Crippen molar-refractivity contribution in [3.8, 4) is 5.75 Å². The molecular formula is C15H20ClNO4. The lowest BCUT2D eigenvalue weighted by Crippen LogP contribution is -2.44. The predicted molar refractivity (Wildman–Crippen MR) is 80.3 cm³/mol. The Bertz CT molecular complexity index is 490. The van der Waals surface area contributed by atoms with Gasteiger partial charge in [0.05, 0.1) is 7.11 Å². The summed E-state index contributed by atoms with van der Waals surface area (Å²) in [5, 5.41) is 3.14. The molecule has 0 heterocycles. The van der Waals surface area contributed by atoms with E-state index in [1.54, 1.807) is 24.3 Å². The third kappa shape index (κ3) is 6.49. The van der Waals surface area contributed by atoms with Crippen LogP contribution in [0.25, 0.3) is 0 Å². The molecule has 1 aromatic carbocycles. The van der Waals surface area contributed by atoms with E-state index in [9.17, 15) is 9.59 Å². The minimum absolute atomic E-state index is 0.189. The molecule has 0 bridgehead atoms. The second-order valence-electron chi connectivity index (χ2n) is 5.02. The molecule has 0 aliphatic rings. The number of halogens is 1. The van der Waals surface area contributed by atoms with Gasteiger partial charge in [-0.2, -0.15) is 0 Å². The fourth-order valence-electron chi connectivity index (χ4n) is 1.77. The summed E-state index contributed by atoms with van der Waals surface area (Å²) < 4.78 is 10.00. The van der Waals surface area contributed by atoms with E-state index >= 15 is 0 Å². The van der Waals surface area contributed by atoms with E-state index in [0.717, 1.165) is 0 Å². The molecule has 21 heavy (non-hydrogen) atoms. The van der Waals surface area contributed by atoms with Crippen LogP contribution in [-0.2, 0) is 14.3 Å². The second-order valence-corrected chi connectivity index (χ2v) is 5.46. The number of benzene rings is 1. The molecule has 0 saturated carbocycles. The lowest BCUT2D eigenvalue weighted by atomic mass is 10.0. The van der Waals surface area contributed by atoms with E-state index in [2.05, 4.69) is 10.1 Å². The molecule has 0 aliphatic heterocycles. The van der Waals surface area contributed by atoms with E-state index in [0.29, 0.717) is 17.2 Å². The number of ether oxygens (including phenoxy) is 2. The maximum atomic E-state index is 11.8. The standard InChI is InChI=1S/C15H20ClNO4/c1-10(2)7-13(15(19)20-3)17-14(18)9-21-12-6-4-5-11(16)8-12/h4-6,8,10,13H,7,9H2,1-3H3,(H,17,18). The highest BCUT2D eigenvalue weighted by Gasteiger charge is 2.22.